The van der Waals surface area contributed by atoms with E-state index >= 15 is 0 Å². The number of benzene rings is 3. The zero-order chi connectivity index (χ0) is 47.2. The van der Waals surface area contributed by atoms with Crippen molar-refractivity contribution in [2.24, 2.45) is 11.8 Å². The third-order valence-electron chi connectivity index (χ3n) is 15.2. The Hall–Kier alpha value is -5.75. The maximum Gasteiger partial charge on any atom is 0.293 e. The summed E-state index contributed by atoms with van der Waals surface area (Å²) >= 11 is 0. The van der Waals surface area contributed by atoms with E-state index in [0.29, 0.717) is 73.9 Å². The SMILES string of the molecule is Cc1ccccc1[C@@H]1CCCCN1CC1CCN(c2ccc(C(=O)NS(=O)(=O)c3ccc(NC[C@H]4CC[C@](C)(O)CC4)c([N+](=O)[O-])c3)c(N3c4cc5cc[nH]c5nc4O[C@H]4COCC[C@@H]43)c2)CC1. The normalized spacial score (nSPS) is 24.8. The number of amides is 1. The molecule has 1 aliphatic carbocycles. The van der Waals surface area contributed by atoms with Gasteiger partial charge in [-0.3, -0.25) is 19.8 Å². The molecule has 4 N–H and O–H groups in total. The fraction of sp³-hybridized carbons (Fsp3) is 0.490. The number of sulfonamides is 1. The molecule has 16 nitrogen and oxygen atoms in total. The van der Waals surface area contributed by atoms with Crippen molar-refractivity contribution in [1.82, 2.24) is 19.6 Å². The molecule has 0 unspecified atom stereocenters. The van der Waals surface area contributed by atoms with E-state index in [9.17, 15) is 28.4 Å². The number of nitrogens with one attached hydrogen (secondary N) is 3. The molecule has 360 valence electrons. The minimum absolute atomic E-state index is 0.117. The summed E-state index contributed by atoms with van der Waals surface area (Å²) in [6.45, 7) is 9.05. The molecule has 68 heavy (non-hydrogen) atoms. The molecule has 1 amide bonds. The quantitative estimate of drug-likeness (QED) is 0.0689. The van der Waals surface area contributed by atoms with E-state index in [0.717, 1.165) is 69.0 Å². The van der Waals surface area contributed by atoms with Crippen molar-refractivity contribution >= 4 is 55.4 Å². The van der Waals surface area contributed by atoms with E-state index in [1.807, 2.05) is 37.4 Å². The Bertz CT molecular complexity index is 2780. The third kappa shape index (κ3) is 9.50. The van der Waals surface area contributed by atoms with Crippen LogP contribution in [0, 0.1) is 28.9 Å². The highest BCUT2D eigenvalue weighted by atomic mass is 32.2. The number of rotatable bonds is 12. The monoisotopic (exact) mass is 946 g/mol. The van der Waals surface area contributed by atoms with Gasteiger partial charge in [0, 0.05) is 62.2 Å². The molecule has 3 atom stereocenters. The Kier molecular flexibility index (Phi) is 12.8. The maximum absolute atomic E-state index is 14.6. The molecule has 1 saturated carbocycles. The first kappa shape index (κ1) is 46.0. The van der Waals surface area contributed by atoms with Crippen LogP contribution in [0.3, 0.4) is 0 Å². The number of fused-ring (bicyclic) bond motifs is 3. The Morgan fingerprint density at radius 1 is 0.956 bits per heavy atom. The molecular formula is C51H62N8O8S. The van der Waals surface area contributed by atoms with Crippen molar-refractivity contribution in [1.29, 1.82) is 0 Å². The molecule has 3 saturated heterocycles. The highest BCUT2D eigenvalue weighted by Gasteiger charge is 2.42. The summed E-state index contributed by atoms with van der Waals surface area (Å²) in [5.41, 5.74) is 4.66. The molecule has 17 heteroatoms. The van der Waals surface area contributed by atoms with Crippen LogP contribution >= 0.6 is 0 Å². The largest absolute Gasteiger partial charge is 0.468 e. The summed E-state index contributed by atoms with van der Waals surface area (Å²) in [4.78, 5) is 41.1. The molecule has 6 heterocycles. The number of pyridine rings is 1. The van der Waals surface area contributed by atoms with Gasteiger partial charge >= 0.3 is 0 Å². The number of carbonyl (C=O) groups excluding carboxylic acids is 1. The number of nitro groups is 1. The number of aryl methyl sites for hydroxylation is 1. The molecule has 4 fully saturated rings. The molecule has 4 aliphatic heterocycles. The smallest absolute Gasteiger partial charge is 0.293 e. The second-order valence-corrected chi connectivity index (χ2v) is 21.6. The van der Waals surface area contributed by atoms with Crippen LogP contribution in [-0.2, 0) is 14.8 Å². The number of likely N-dealkylation sites (tertiary alicyclic amines) is 1. The number of anilines is 4. The van der Waals surface area contributed by atoms with Crippen molar-refractivity contribution < 1.29 is 32.7 Å². The number of carbonyl (C=O) groups is 1. The second-order valence-electron chi connectivity index (χ2n) is 19.9. The van der Waals surface area contributed by atoms with Crippen molar-refractivity contribution in [2.45, 2.75) is 107 Å². The van der Waals surface area contributed by atoms with Crippen LogP contribution in [0.1, 0.15) is 98.7 Å². The number of hydrogen-bond donors (Lipinski definition) is 4. The summed E-state index contributed by atoms with van der Waals surface area (Å²) in [6, 6.07) is 22.1. The van der Waals surface area contributed by atoms with Crippen LogP contribution in [-0.4, -0.2) is 103 Å². The van der Waals surface area contributed by atoms with Crippen molar-refractivity contribution in [3.8, 4) is 5.88 Å². The van der Waals surface area contributed by atoms with Gasteiger partial charge in [-0.15, -0.1) is 0 Å². The highest BCUT2D eigenvalue weighted by Crippen LogP contribution is 2.46. The molecule has 5 aromatic rings. The van der Waals surface area contributed by atoms with E-state index in [1.165, 1.54) is 42.5 Å². The zero-order valence-electron chi connectivity index (χ0n) is 38.9. The minimum atomic E-state index is -4.61. The van der Waals surface area contributed by atoms with Gasteiger partial charge in [0.25, 0.3) is 21.6 Å². The number of nitro benzene ring substituents is 1. The first-order valence-corrected chi connectivity index (χ1v) is 25.8. The molecular weight excluding hydrogens is 885 g/mol. The Balaban J connectivity index is 0.934. The van der Waals surface area contributed by atoms with Crippen LogP contribution in [0.5, 0.6) is 5.88 Å². The number of piperidine rings is 2. The van der Waals surface area contributed by atoms with Gasteiger partial charge < -0.3 is 34.7 Å². The average Bonchev–Trinajstić information content (AvgIpc) is 3.80. The number of aromatic amines is 1. The number of hydrogen-bond acceptors (Lipinski definition) is 13. The Morgan fingerprint density at radius 3 is 2.56 bits per heavy atom. The number of nitrogens with zero attached hydrogens (tertiary/aromatic N) is 5. The lowest BCUT2D eigenvalue weighted by Gasteiger charge is -2.45. The van der Waals surface area contributed by atoms with Gasteiger partial charge in [-0.1, -0.05) is 30.7 Å². The number of ether oxygens (including phenoxy) is 2. The predicted molar refractivity (Wildman–Crippen MR) is 261 cm³/mol. The lowest BCUT2D eigenvalue weighted by atomic mass is 9.80. The molecule has 0 bridgehead atoms. The van der Waals surface area contributed by atoms with Gasteiger partial charge in [0.2, 0.25) is 5.88 Å². The van der Waals surface area contributed by atoms with Crippen molar-refractivity contribution in [3.05, 3.63) is 106 Å². The summed E-state index contributed by atoms with van der Waals surface area (Å²) in [7, 11) is -4.61. The number of aliphatic hydroxyl groups is 1. The predicted octanol–water partition coefficient (Wildman–Crippen LogP) is 8.38. The second kappa shape index (κ2) is 19.0. The Labute approximate surface area is 397 Å². The van der Waals surface area contributed by atoms with Crippen LogP contribution < -0.4 is 24.6 Å². The van der Waals surface area contributed by atoms with Crippen LogP contribution in [0.2, 0.25) is 0 Å². The summed E-state index contributed by atoms with van der Waals surface area (Å²) < 4.78 is 42.9. The average molecular weight is 947 g/mol. The Morgan fingerprint density at radius 2 is 1.76 bits per heavy atom. The fourth-order valence-corrected chi connectivity index (χ4v) is 12.2. The third-order valence-corrected chi connectivity index (χ3v) is 16.5. The van der Waals surface area contributed by atoms with Crippen molar-refractivity contribution in [2.75, 3.05) is 61.1 Å². The van der Waals surface area contributed by atoms with E-state index in [1.54, 1.807) is 6.07 Å². The first-order valence-electron chi connectivity index (χ1n) is 24.3. The van der Waals surface area contributed by atoms with Gasteiger partial charge in [0.05, 0.1) is 39.3 Å². The lowest BCUT2D eigenvalue weighted by Crippen LogP contribution is -2.53. The number of H-pyrrole nitrogens is 1. The molecule has 10 rings (SSSR count). The van der Waals surface area contributed by atoms with E-state index in [4.69, 9.17) is 14.5 Å². The summed E-state index contributed by atoms with van der Waals surface area (Å²) in [5.74, 6) is 0.230. The molecule has 0 spiro atoms. The maximum atomic E-state index is 14.6. The van der Waals surface area contributed by atoms with Crippen LogP contribution in [0.4, 0.5) is 28.4 Å². The number of aromatic nitrogens is 2. The lowest BCUT2D eigenvalue weighted by molar-refractivity contribution is -0.384. The van der Waals surface area contributed by atoms with E-state index < -0.39 is 43.1 Å². The molecule has 0 radical (unpaired) electrons. The minimum Gasteiger partial charge on any atom is -0.468 e. The first-order chi connectivity index (χ1) is 32.8. The van der Waals surface area contributed by atoms with Crippen LogP contribution in [0.25, 0.3) is 11.0 Å². The molecule has 5 aliphatic rings. The highest BCUT2D eigenvalue weighted by molar-refractivity contribution is 7.90. The molecule has 2 aromatic heterocycles. The standard InChI is InChI=1S/C51H62N8O8S/c1-33-7-3-4-8-39(33)42-9-5-6-23-57(42)31-35-17-24-56(25-18-35)37-10-12-40(44(28-37)58-43-19-26-66-32-47(43)67-50-46(58)27-36-16-22-52-48(36)54-50)49(60)55-68(64,65)38-11-13-41(45(29-38)59(62)63)53-30-34-14-20-51(2,61)21-15-34/h3-4,7-8,10-13,16,22,27-29,34-35,42-43,47,53,61H,5-6,9,14-15,17-21,23-26,30-32H2,1-2H3,(H,52,54)(H,55,60)/t34-,42-,43-,47-,51-/m0/s1. The van der Waals surface area contributed by atoms with Gasteiger partial charge in [-0.05, 0) is 144 Å². The summed E-state index contributed by atoms with van der Waals surface area (Å²) in [6.07, 6.45) is 10.4. The van der Waals surface area contributed by atoms with E-state index in [2.05, 4.69) is 60.9 Å². The van der Waals surface area contributed by atoms with Gasteiger partial charge in [-0.2, -0.15) is 4.98 Å². The van der Waals surface area contributed by atoms with E-state index in [-0.39, 0.29) is 23.2 Å². The topological polar surface area (TPSA) is 196 Å². The van der Waals surface area contributed by atoms with Crippen LogP contribution in [0.15, 0.2) is 83.9 Å². The van der Waals surface area contributed by atoms with Gasteiger partial charge in [0.15, 0.2) is 0 Å². The molecule has 3 aromatic carbocycles. The van der Waals surface area contributed by atoms with Gasteiger partial charge in [0.1, 0.15) is 23.1 Å². The van der Waals surface area contributed by atoms with Crippen molar-refractivity contribution in [3.63, 3.8) is 0 Å². The summed E-state index contributed by atoms with van der Waals surface area (Å²) in [5, 5.41) is 26.7. The fourth-order valence-electron chi connectivity index (χ4n) is 11.3. The van der Waals surface area contributed by atoms with Gasteiger partial charge in [-0.25, -0.2) is 13.1 Å². The zero-order valence-corrected chi connectivity index (χ0v) is 39.7.